The zero-order valence-corrected chi connectivity index (χ0v) is 10.8. The van der Waals surface area contributed by atoms with Crippen molar-refractivity contribution in [3.05, 3.63) is 37.0 Å². The van der Waals surface area contributed by atoms with Gasteiger partial charge in [0.2, 0.25) is 11.8 Å². The molecule has 2 amide bonds. The van der Waals surface area contributed by atoms with E-state index in [1.165, 1.54) is 0 Å². The van der Waals surface area contributed by atoms with Crippen molar-refractivity contribution in [1.82, 2.24) is 9.88 Å². The van der Waals surface area contributed by atoms with Crippen LogP contribution in [0.1, 0.15) is 18.4 Å². The molecule has 2 rings (SSSR count). The molecule has 1 aromatic heterocycles. The van der Waals surface area contributed by atoms with Crippen molar-refractivity contribution in [2.75, 3.05) is 6.54 Å². The Morgan fingerprint density at radius 2 is 2.11 bits per heavy atom. The van der Waals surface area contributed by atoms with E-state index in [2.05, 4.69) is 11.9 Å². The van der Waals surface area contributed by atoms with E-state index < -0.39 is 11.9 Å². The van der Waals surface area contributed by atoms with Crippen molar-refractivity contribution in [2.45, 2.75) is 25.3 Å². The standard InChI is InChI=1S/C14H18N3O2/c1-10-4-7-17(12(8-10)14(15)19)13(18)9-11-2-5-16-6-3-11/h2-3,5-6,10,12H,1,4,7-9H2,(H2,15,19). The predicted molar refractivity (Wildman–Crippen MR) is 70.7 cm³/mol. The van der Waals surface area contributed by atoms with Gasteiger partial charge in [-0.15, -0.1) is 0 Å². The molecule has 2 atom stereocenters. The monoisotopic (exact) mass is 260 g/mol. The third kappa shape index (κ3) is 3.30. The lowest BCUT2D eigenvalue weighted by atomic mass is 9.91. The quantitative estimate of drug-likeness (QED) is 0.862. The van der Waals surface area contributed by atoms with E-state index in [4.69, 9.17) is 5.73 Å². The number of nitrogens with two attached hydrogens (primary N) is 1. The second kappa shape index (κ2) is 5.82. The summed E-state index contributed by atoms with van der Waals surface area (Å²) in [5.74, 6) is -0.333. The number of hydrogen-bond donors (Lipinski definition) is 1. The van der Waals surface area contributed by atoms with Gasteiger partial charge >= 0.3 is 0 Å². The predicted octanol–water partition coefficient (Wildman–Crippen LogP) is 0.551. The molecular formula is C14H18N3O2. The van der Waals surface area contributed by atoms with Gasteiger partial charge in [0.15, 0.2) is 0 Å². The Kier molecular flexibility index (Phi) is 4.14. The number of nitrogens with zero attached hydrogens (tertiary/aromatic N) is 2. The molecule has 1 fully saturated rings. The zero-order chi connectivity index (χ0) is 13.8. The lowest BCUT2D eigenvalue weighted by Gasteiger charge is -2.36. The fourth-order valence-corrected chi connectivity index (χ4v) is 2.38. The van der Waals surface area contributed by atoms with Crippen LogP contribution in [-0.2, 0) is 16.0 Å². The van der Waals surface area contributed by atoms with Gasteiger partial charge in [0.1, 0.15) is 6.04 Å². The topological polar surface area (TPSA) is 76.3 Å². The molecular weight excluding hydrogens is 242 g/mol. The minimum atomic E-state index is -0.523. The van der Waals surface area contributed by atoms with Gasteiger partial charge in [-0.2, -0.15) is 0 Å². The zero-order valence-electron chi connectivity index (χ0n) is 10.8. The molecule has 2 heterocycles. The summed E-state index contributed by atoms with van der Waals surface area (Å²) in [6.45, 7) is 4.50. The first kappa shape index (κ1) is 13.5. The van der Waals surface area contributed by atoms with Crippen LogP contribution in [0.5, 0.6) is 0 Å². The van der Waals surface area contributed by atoms with Crippen molar-refractivity contribution >= 4 is 11.8 Å². The molecule has 101 valence electrons. The van der Waals surface area contributed by atoms with Crippen molar-refractivity contribution in [3.63, 3.8) is 0 Å². The molecule has 5 nitrogen and oxygen atoms in total. The number of primary amides is 1. The lowest BCUT2D eigenvalue weighted by Crippen LogP contribution is -2.52. The first-order chi connectivity index (χ1) is 9.08. The largest absolute Gasteiger partial charge is 0.368 e. The fraction of sp³-hybridized carbons (Fsp3) is 0.429. The van der Waals surface area contributed by atoms with Crippen molar-refractivity contribution < 1.29 is 9.59 Å². The second-order valence-electron chi connectivity index (χ2n) is 4.93. The number of piperidine rings is 1. The summed E-state index contributed by atoms with van der Waals surface area (Å²) < 4.78 is 0. The van der Waals surface area contributed by atoms with Crippen LogP contribution in [-0.4, -0.2) is 34.3 Å². The Bertz CT molecular complexity index is 461. The molecule has 0 aromatic carbocycles. The van der Waals surface area contributed by atoms with Crippen LogP contribution in [0.25, 0.3) is 0 Å². The molecule has 1 aliphatic rings. The molecule has 19 heavy (non-hydrogen) atoms. The van der Waals surface area contributed by atoms with E-state index in [9.17, 15) is 9.59 Å². The number of likely N-dealkylation sites (tertiary alicyclic amines) is 1. The van der Waals surface area contributed by atoms with E-state index in [1.807, 2.05) is 0 Å². The average Bonchev–Trinajstić information content (AvgIpc) is 2.39. The Hall–Kier alpha value is -1.91. The Morgan fingerprint density at radius 1 is 1.42 bits per heavy atom. The fourth-order valence-electron chi connectivity index (χ4n) is 2.38. The van der Waals surface area contributed by atoms with Crippen LogP contribution < -0.4 is 5.73 Å². The molecule has 1 aromatic rings. The minimum Gasteiger partial charge on any atom is -0.368 e. The molecule has 5 heteroatoms. The van der Waals surface area contributed by atoms with Gasteiger partial charge in [-0.3, -0.25) is 14.6 Å². The third-order valence-corrected chi connectivity index (χ3v) is 3.46. The van der Waals surface area contributed by atoms with E-state index in [0.717, 1.165) is 12.0 Å². The number of rotatable bonds is 3. The van der Waals surface area contributed by atoms with Crippen molar-refractivity contribution in [3.8, 4) is 0 Å². The number of aromatic nitrogens is 1. The van der Waals surface area contributed by atoms with Crippen LogP contribution >= 0.6 is 0 Å². The summed E-state index contributed by atoms with van der Waals surface area (Å²) in [6.07, 6.45) is 4.93. The van der Waals surface area contributed by atoms with Crippen LogP contribution in [0.3, 0.4) is 0 Å². The van der Waals surface area contributed by atoms with Gasteiger partial charge in [0, 0.05) is 18.9 Å². The summed E-state index contributed by atoms with van der Waals surface area (Å²) in [6, 6.07) is 3.07. The Balaban J connectivity index is 2.06. The van der Waals surface area contributed by atoms with Crippen LogP contribution in [0, 0.1) is 12.8 Å². The minimum absolute atomic E-state index is 0.0677. The van der Waals surface area contributed by atoms with Crippen LogP contribution in [0.4, 0.5) is 0 Å². The molecule has 1 radical (unpaired) electrons. The number of carbonyl (C=O) groups is 2. The maximum Gasteiger partial charge on any atom is 0.240 e. The maximum atomic E-state index is 12.3. The maximum absolute atomic E-state index is 12.3. The summed E-state index contributed by atoms with van der Waals surface area (Å²) in [5, 5.41) is 0. The molecule has 2 unspecified atom stereocenters. The smallest absolute Gasteiger partial charge is 0.240 e. The third-order valence-electron chi connectivity index (χ3n) is 3.46. The number of pyridine rings is 1. The summed E-state index contributed by atoms with van der Waals surface area (Å²) in [5.41, 5.74) is 6.27. The van der Waals surface area contributed by atoms with Gasteiger partial charge < -0.3 is 10.6 Å². The van der Waals surface area contributed by atoms with Crippen LogP contribution in [0.2, 0.25) is 0 Å². The summed E-state index contributed by atoms with van der Waals surface area (Å²) >= 11 is 0. The molecule has 1 saturated heterocycles. The van der Waals surface area contributed by atoms with E-state index in [-0.39, 0.29) is 18.2 Å². The van der Waals surface area contributed by atoms with Gasteiger partial charge in [0.05, 0.1) is 6.42 Å². The van der Waals surface area contributed by atoms with Crippen LogP contribution in [0.15, 0.2) is 24.5 Å². The highest BCUT2D eigenvalue weighted by atomic mass is 16.2. The molecule has 0 aliphatic carbocycles. The molecule has 0 bridgehead atoms. The number of carbonyl (C=O) groups excluding carboxylic acids is 2. The number of hydrogen-bond acceptors (Lipinski definition) is 3. The highest BCUT2D eigenvalue weighted by Gasteiger charge is 2.33. The normalized spacial score (nSPS) is 23.1. The van der Waals surface area contributed by atoms with Gasteiger partial charge in [0.25, 0.3) is 0 Å². The van der Waals surface area contributed by atoms with E-state index in [1.54, 1.807) is 29.4 Å². The first-order valence-corrected chi connectivity index (χ1v) is 6.38. The molecule has 2 N–H and O–H groups in total. The van der Waals surface area contributed by atoms with Gasteiger partial charge in [-0.05, 0) is 36.5 Å². The molecule has 0 spiro atoms. The van der Waals surface area contributed by atoms with Crippen molar-refractivity contribution in [1.29, 1.82) is 0 Å². The van der Waals surface area contributed by atoms with E-state index in [0.29, 0.717) is 13.0 Å². The Morgan fingerprint density at radius 3 is 2.74 bits per heavy atom. The van der Waals surface area contributed by atoms with Gasteiger partial charge in [-0.1, -0.05) is 6.92 Å². The SMILES string of the molecule is [CH2]C1CCN(C(=O)Cc2ccncc2)C(C(N)=O)C1. The lowest BCUT2D eigenvalue weighted by molar-refractivity contribution is -0.141. The number of amides is 2. The second-order valence-corrected chi connectivity index (χ2v) is 4.93. The highest BCUT2D eigenvalue weighted by Crippen LogP contribution is 2.22. The highest BCUT2D eigenvalue weighted by molar-refractivity contribution is 5.87. The average molecular weight is 260 g/mol. The molecule has 0 saturated carbocycles. The van der Waals surface area contributed by atoms with Gasteiger partial charge in [-0.25, -0.2) is 0 Å². The summed E-state index contributed by atoms with van der Waals surface area (Å²) in [4.78, 5) is 29.2. The van der Waals surface area contributed by atoms with Crippen molar-refractivity contribution in [2.24, 2.45) is 11.7 Å². The first-order valence-electron chi connectivity index (χ1n) is 6.38. The summed E-state index contributed by atoms with van der Waals surface area (Å²) in [7, 11) is 0. The Labute approximate surface area is 112 Å². The molecule has 1 aliphatic heterocycles. The van der Waals surface area contributed by atoms with E-state index >= 15 is 0 Å².